The Hall–Kier alpha value is -2.50. The summed E-state index contributed by atoms with van der Waals surface area (Å²) < 4.78 is 9.92. The molecule has 0 aromatic heterocycles. The second kappa shape index (κ2) is 6.44. The third-order valence-corrected chi connectivity index (χ3v) is 2.23. The van der Waals surface area contributed by atoms with Crippen LogP contribution >= 0.6 is 0 Å². The Labute approximate surface area is 111 Å². The molecule has 0 saturated heterocycles. The zero-order valence-electron chi connectivity index (χ0n) is 10.6. The Morgan fingerprint density at radius 2 is 1.95 bits per heavy atom. The topological polar surface area (TPSA) is 105 Å². The van der Waals surface area contributed by atoms with Crippen molar-refractivity contribution in [2.24, 2.45) is 0 Å². The molecule has 0 amide bonds. The van der Waals surface area contributed by atoms with Gasteiger partial charge in [-0.2, -0.15) is 0 Å². The summed E-state index contributed by atoms with van der Waals surface area (Å²) in [6.07, 6.45) is 1.62. The van der Waals surface area contributed by atoms with Gasteiger partial charge in [-0.1, -0.05) is 13.5 Å². The Morgan fingerprint density at radius 1 is 1.32 bits per heavy atom. The SMILES string of the molecule is C=CC(=O)Oc1c(N)ccc(N)c1C(=O)OCCC. The Morgan fingerprint density at radius 3 is 2.53 bits per heavy atom. The summed E-state index contributed by atoms with van der Waals surface area (Å²) >= 11 is 0. The first-order valence-corrected chi connectivity index (χ1v) is 5.70. The molecule has 1 aromatic carbocycles. The maximum atomic E-state index is 11.9. The number of benzene rings is 1. The molecule has 0 aliphatic heterocycles. The molecular weight excluding hydrogens is 248 g/mol. The molecule has 0 saturated carbocycles. The molecule has 0 heterocycles. The molecule has 0 unspecified atom stereocenters. The van der Waals surface area contributed by atoms with Gasteiger partial charge in [0.25, 0.3) is 0 Å². The number of ether oxygens (including phenoxy) is 2. The molecule has 0 radical (unpaired) electrons. The van der Waals surface area contributed by atoms with Gasteiger partial charge < -0.3 is 20.9 Å². The van der Waals surface area contributed by atoms with Crippen molar-refractivity contribution in [2.45, 2.75) is 13.3 Å². The third kappa shape index (κ3) is 3.48. The van der Waals surface area contributed by atoms with E-state index in [0.29, 0.717) is 6.42 Å². The number of nitrogen functional groups attached to an aromatic ring is 2. The average Bonchev–Trinajstić information content (AvgIpc) is 2.40. The fourth-order valence-corrected chi connectivity index (χ4v) is 1.34. The standard InChI is InChI=1S/C13H16N2O4/c1-3-7-18-13(17)11-8(14)5-6-9(15)12(11)19-10(16)4-2/h4-6H,2-3,7,14-15H2,1H3. The Balaban J connectivity index is 3.19. The molecule has 0 bridgehead atoms. The summed E-state index contributed by atoms with van der Waals surface area (Å²) in [5.41, 5.74) is 11.6. The van der Waals surface area contributed by atoms with E-state index in [0.717, 1.165) is 6.08 Å². The summed E-state index contributed by atoms with van der Waals surface area (Å²) in [5, 5.41) is 0. The van der Waals surface area contributed by atoms with Crippen LogP contribution in [0.25, 0.3) is 0 Å². The number of carbonyl (C=O) groups excluding carboxylic acids is 2. The predicted octanol–water partition coefficient (Wildman–Crippen LogP) is 1.51. The molecule has 19 heavy (non-hydrogen) atoms. The number of hydrogen-bond acceptors (Lipinski definition) is 6. The van der Waals surface area contributed by atoms with Gasteiger partial charge in [-0.15, -0.1) is 0 Å². The highest BCUT2D eigenvalue weighted by Crippen LogP contribution is 2.32. The van der Waals surface area contributed by atoms with Crippen molar-refractivity contribution in [3.63, 3.8) is 0 Å². The van der Waals surface area contributed by atoms with Crippen LogP contribution in [0.1, 0.15) is 23.7 Å². The lowest BCUT2D eigenvalue weighted by Gasteiger charge is -2.13. The predicted molar refractivity (Wildman–Crippen MR) is 71.7 cm³/mol. The molecule has 6 heteroatoms. The summed E-state index contributed by atoms with van der Waals surface area (Å²) in [6, 6.07) is 2.89. The zero-order chi connectivity index (χ0) is 14.4. The minimum absolute atomic E-state index is 0.0522. The van der Waals surface area contributed by atoms with E-state index in [4.69, 9.17) is 20.9 Å². The van der Waals surface area contributed by atoms with Crippen LogP contribution in [-0.4, -0.2) is 18.5 Å². The number of hydrogen-bond donors (Lipinski definition) is 2. The van der Waals surface area contributed by atoms with E-state index < -0.39 is 11.9 Å². The van der Waals surface area contributed by atoms with Gasteiger partial charge in [0, 0.05) is 6.08 Å². The van der Waals surface area contributed by atoms with Gasteiger partial charge in [-0.25, -0.2) is 9.59 Å². The minimum atomic E-state index is -0.734. The number of nitrogens with two attached hydrogens (primary N) is 2. The highest BCUT2D eigenvalue weighted by atomic mass is 16.5. The van der Waals surface area contributed by atoms with E-state index in [1.807, 2.05) is 6.92 Å². The van der Waals surface area contributed by atoms with Gasteiger partial charge in [0.05, 0.1) is 18.0 Å². The van der Waals surface area contributed by atoms with Crippen LogP contribution in [0.15, 0.2) is 24.8 Å². The van der Waals surface area contributed by atoms with Crippen LogP contribution in [0, 0.1) is 0 Å². The third-order valence-electron chi connectivity index (χ3n) is 2.23. The highest BCUT2D eigenvalue weighted by Gasteiger charge is 2.21. The number of anilines is 2. The summed E-state index contributed by atoms with van der Waals surface area (Å²) in [7, 11) is 0. The fourth-order valence-electron chi connectivity index (χ4n) is 1.34. The van der Waals surface area contributed by atoms with Crippen LogP contribution in [0.4, 0.5) is 11.4 Å². The number of rotatable bonds is 5. The highest BCUT2D eigenvalue weighted by molar-refractivity contribution is 6.01. The Kier molecular flexibility index (Phi) is 4.93. The van der Waals surface area contributed by atoms with Gasteiger partial charge in [-0.3, -0.25) is 0 Å². The molecule has 6 nitrogen and oxygen atoms in total. The van der Waals surface area contributed by atoms with E-state index in [1.165, 1.54) is 12.1 Å². The zero-order valence-corrected chi connectivity index (χ0v) is 10.6. The smallest absolute Gasteiger partial charge is 0.344 e. The van der Waals surface area contributed by atoms with E-state index in [1.54, 1.807) is 0 Å². The van der Waals surface area contributed by atoms with Crippen molar-refractivity contribution >= 4 is 23.3 Å². The van der Waals surface area contributed by atoms with Crippen LogP contribution in [-0.2, 0) is 9.53 Å². The second-order valence-electron chi connectivity index (χ2n) is 3.71. The van der Waals surface area contributed by atoms with Crippen LogP contribution in [0.2, 0.25) is 0 Å². The average molecular weight is 264 g/mol. The monoisotopic (exact) mass is 264 g/mol. The lowest BCUT2D eigenvalue weighted by atomic mass is 10.1. The van der Waals surface area contributed by atoms with Crippen LogP contribution in [0.3, 0.4) is 0 Å². The summed E-state index contributed by atoms with van der Waals surface area (Å²) in [6.45, 7) is 5.36. The van der Waals surface area contributed by atoms with Gasteiger partial charge in [0.15, 0.2) is 5.75 Å². The van der Waals surface area contributed by atoms with Crippen molar-refractivity contribution < 1.29 is 19.1 Å². The molecule has 102 valence electrons. The molecule has 4 N–H and O–H groups in total. The van der Waals surface area contributed by atoms with E-state index >= 15 is 0 Å². The van der Waals surface area contributed by atoms with Gasteiger partial charge in [0.2, 0.25) is 0 Å². The number of carbonyl (C=O) groups is 2. The molecule has 1 aromatic rings. The van der Waals surface area contributed by atoms with Gasteiger partial charge in [-0.05, 0) is 18.6 Å². The molecule has 0 atom stereocenters. The normalized spacial score (nSPS) is 9.74. The largest absolute Gasteiger partial charge is 0.462 e. The molecule has 0 aliphatic carbocycles. The summed E-state index contributed by atoms with van der Waals surface area (Å²) in [4.78, 5) is 23.1. The first-order valence-electron chi connectivity index (χ1n) is 5.70. The van der Waals surface area contributed by atoms with Crippen molar-refractivity contribution in [2.75, 3.05) is 18.1 Å². The van der Waals surface area contributed by atoms with Crippen LogP contribution < -0.4 is 16.2 Å². The molecule has 0 aliphatic rings. The Bertz CT molecular complexity index is 512. The van der Waals surface area contributed by atoms with Crippen LogP contribution in [0.5, 0.6) is 5.75 Å². The van der Waals surface area contributed by atoms with Crippen molar-refractivity contribution in [1.29, 1.82) is 0 Å². The van der Waals surface area contributed by atoms with E-state index in [9.17, 15) is 9.59 Å². The summed E-state index contributed by atoms with van der Waals surface area (Å²) in [5.74, 6) is -1.52. The minimum Gasteiger partial charge on any atom is -0.462 e. The molecule has 0 fully saturated rings. The maximum absolute atomic E-state index is 11.9. The van der Waals surface area contributed by atoms with Crippen molar-refractivity contribution in [1.82, 2.24) is 0 Å². The quantitative estimate of drug-likeness (QED) is 0.361. The number of esters is 2. The lowest BCUT2D eigenvalue weighted by Crippen LogP contribution is -2.15. The fraction of sp³-hybridized carbons (Fsp3) is 0.231. The second-order valence-corrected chi connectivity index (χ2v) is 3.71. The van der Waals surface area contributed by atoms with Gasteiger partial charge >= 0.3 is 11.9 Å². The van der Waals surface area contributed by atoms with E-state index in [2.05, 4.69) is 6.58 Å². The van der Waals surface area contributed by atoms with Crippen molar-refractivity contribution in [3.05, 3.63) is 30.4 Å². The van der Waals surface area contributed by atoms with Crippen molar-refractivity contribution in [3.8, 4) is 5.75 Å². The maximum Gasteiger partial charge on any atom is 0.344 e. The lowest BCUT2D eigenvalue weighted by molar-refractivity contribution is -0.128. The molecular formula is C13H16N2O4. The van der Waals surface area contributed by atoms with Gasteiger partial charge in [0.1, 0.15) is 5.56 Å². The van der Waals surface area contributed by atoms with E-state index in [-0.39, 0.29) is 29.3 Å². The first-order chi connectivity index (χ1) is 9.01. The molecule has 0 spiro atoms. The molecule has 1 rings (SSSR count). The first kappa shape index (κ1) is 14.6.